The highest BCUT2D eigenvalue weighted by atomic mass is 28.4. The van der Waals surface area contributed by atoms with E-state index in [1.807, 2.05) is 0 Å². The van der Waals surface area contributed by atoms with Gasteiger partial charge in [0.2, 0.25) is 0 Å². The van der Waals surface area contributed by atoms with Crippen LogP contribution in [0.5, 0.6) is 0 Å². The van der Waals surface area contributed by atoms with Gasteiger partial charge in [0.05, 0.1) is 0 Å². The summed E-state index contributed by atoms with van der Waals surface area (Å²) in [5.41, 5.74) is 0. The molecule has 0 bridgehead atoms. The molecule has 0 spiro atoms. The van der Waals surface area contributed by atoms with Crippen molar-refractivity contribution in [1.82, 2.24) is 0 Å². The van der Waals surface area contributed by atoms with Crippen molar-refractivity contribution in [3.8, 4) is 0 Å². The normalized spacial score (nSPS) is 12.8. The van der Waals surface area contributed by atoms with Crippen LogP contribution in [0.2, 0.25) is 36.3 Å². The zero-order valence-corrected chi connectivity index (χ0v) is 19.3. The second-order valence-electron chi connectivity index (χ2n) is 7.50. The first-order valence-corrected chi connectivity index (χ1v) is 15.8. The number of hydrogen-bond donors (Lipinski definition) is 0. The fraction of sp³-hybridized carbons (Fsp3) is 1.00. The SMILES string of the molecule is CCCCCC[Si](CC)(CC)O[Si](CC)(CC)CCCCCC. The molecular formula is C20H46OSi2. The van der Waals surface area contributed by atoms with E-state index in [0.717, 1.165) is 0 Å². The number of rotatable bonds is 16. The predicted molar refractivity (Wildman–Crippen MR) is 112 cm³/mol. The molecule has 0 amide bonds. The van der Waals surface area contributed by atoms with Crippen molar-refractivity contribution in [2.75, 3.05) is 0 Å². The Morgan fingerprint density at radius 3 is 1.09 bits per heavy atom. The molecule has 0 aliphatic heterocycles. The topological polar surface area (TPSA) is 9.23 Å². The van der Waals surface area contributed by atoms with Gasteiger partial charge in [0.1, 0.15) is 0 Å². The average molecular weight is 359 g/mol. The maximum Gasteiger partial charge on any atom is 0.179 e. The Morgan fingerprint density at radius 1 is 0.478 bits per heavy atom. The number of hydrogen-bond acceptors (Lipinski definition) is 1. The molecule has 0 rings (SSSR count). The molecule has 0 aliphatic rings. The minimum Gasteiger partial charge on any atom is -0.455 e. The summed E-state index contributed by atoms with van der Waals surface area (Å²) in [4.78, 5) is 0. The molecule has 0 aromatic carbocycles. The molecule has 0 aromatic heterocycles. The smallest absolute Gasteiger partial charge is 0.179 e. The van der Waals surface area contributed by atoms with Crippen LogP contribution in [0.25, 0.3) is 0 Å². The van der Waals surface area contributed by atoms with Crippen molar-refractivity contribution in [2.45, 2.75) is 129 Å². The molecule has 0 radical (unpaired) electrons. The summed E-state index contributed by atoms with van der Waals surface area (Å²) < 4.78 is 7.26. The fourth-order valence-corrected chi connectivity index (χ4v) is 14.8. The van der Waals surface area contributed by atoms with Gasteiger partial charge in [-0.3, -0.25) is 0 Å². The van der Waals surface area contributed by atoms with Gasteiger partial charge in [-0.25, -0.2) is 0 Å². The van der Waals surface area contributed by atoms with Crippen LogP contribution in [0.1, 0.15) is 92.9 Å². The fourth-order valence-electron chi connectivity index (χ4n) is 3.81. The first-order valence-electron chi connectivity index (χ1n) is 10.8. The van der Waals surface area contributed by atoms with Crippen molar-refractivity contribution >= 4 is 16.6 Å². The third-order valence-corrected chi connectivity index (χ3v) is 17.1. The Morgan fingerprint density at radius 2 is 0.826 bits per heavy atom. The van der Waals surface area contributed by atoms with E-state index in [1.165, 1.54) is 87.6 Å². The quantitative estimate of drug-likeness (QED) is 0.200. The standard InChI is InChI=1S/C20H46OSi2/c1-7-13-15-17-19-22(9-3,10-4)21-23(11-5,12-6)20-18-16-14-8-2/h7-20H2,1-6H3. The maximum atomic E-state index is 7.26. The van der Waals surface area contributed by atoms with Gasteiger partial charge in [0, 0.05) is 0 Å². The summed E-state index contributed by atoms with van der Waals surface area (Å²) in [6.07, 6.45) is 11.1. The van der Waals surface area contributed by atoms with E-state index >= 15 is 0 Å². The summed E-state index contributed by atoms with van der Waals surface area (Å²) in [6, 6.07) is 8.17. The molecule has 1 nitrogen and oxygen atoms in total. The van der Waals surface area contributed by atoms with Crippen LogP contribution < -0.4 is 0 Å². The third kappa shape index (κ3) is 8.88. The highest BCUT2D eigenvalue weighted by Gasteiger charge is 2.40. The van der Waals surface area contributed by atoms with Crippen LogP contribution in [0.3, 0.4) is 0 Å². The van der Waals surface area contributed by atoms with Crippen molar-refractivity contribution < 1.29 is 4.12 Å². The van der Waals surface area contributed by atoms with Gasteiger partial charge in [0.25, 0.3) is 0 Å². The van der Waals surface area contributed by atoms with E-state index in [1.54, 1.807) is 0 Å². The second kappa shape index (κ2) is 13.7. The molecule has 3 heteroatoms. The molecule has 0 aromatic rings. The molecule has 23 heavy (non-hydrogen) atoms. The molecular weight excluding hydrogens is 312 g/mol. The molecule has 0 heterocycles. The molecule has 0 aliphatic carbocycles. The summed E-state index contributed by atoms with van der Waals surface area (Å²) in [7, 11) is -2.96. The summed E-state index contributed by atoms with van der Waals surface area (Å²) >= 11 is 0. The Balaban J connectivity index is 4.77. The lowest BCUT2D eigenvalue weighted by Gasteiger charge is -2.41. The van der Waals surface area contributed by atoms with Crippen LogP contribution in [-0.2, 0) is 4.12 Å². The van der Waals surface area contributed by atoms with Gasteiger partial charge in [-0.05, 0) is 36.3 Å². The van der Waals surface area contributed by atoms with Gasteiger partial charge in [-0.2, -0.15) is 0 Å². The first kappa shape index (κ1) is 23.4. The zero-order valence-electron chi connectivity index (χ0n) is 17.3. The predicted octanol–water partition coefficient (Wildman–Crippen LogP) is 8.13. The monoisotopic (exact) mass is 358 g/mol. The minimum atomic E-state index is -1.48. The lowest BCUT2D eigenvalue weighted by molar-refractivity contribution is 0.492. The van der Waals surface area contributed by atoms with Crippen LogP contribution in [0.4, 0.5) is 0 Å². The Bertz CT molecular complexity index is 234. The molecule has 140 valence electrons. The van der Waals surface area contributed by atoms with Gasteiger partial charge in [-0.1, -0.05) is 92.9 Å². The van der Waals surface area contributed by atoms with Crippen molar-refractivity contribution in [1.29, 1.82) is 0 Å². The van der Waals surface area contributed by atoms with Crippen LogP contribution in [0.15, 0.2) is 0 Å². The molecule has 0 N–H and O–H groups in total. The average Bonchev–Trinajstić information content (AvgIpc) is 2.60. The summed E-state index contributed by atoms with van der Waals surface area (Å²) in [6.45, 7) is 14.3. The van der Waals surface area contributed by atoms with Crippen molar-refractivity contribution in [3.63, 3.8) is 0 Å². The Labute approximate surface area is 150 Å². The first-order chi connectivity index (χ1) is 11.1. The highest BCUT2D eigenvalue weighted by molar-refractivity contribution is 6.87. The van der Waals surface area contributed by atoms with E-state index in [2.05, 4.69) is 41.5 Å². The van der Waals surface area contributed by atoms with Crippen molar-refractivity contribution in [3.05, 3.63) is 0 Å². The van der Waals surface area contributed by atoms with E-state index in [-0.39, 0.29) is 0 Å². The van der Waals surface area contributed by atoms with Gasteiger partial charge in [-0.15, -0.1) is 0 Å². The zero-order chi connectivity index (χ0) is 17.6. The van der Waals surface area contributed by atoms with Gasteiger partial charge in [0.15, 0.2) is 16.6 Å². The largest absolute Gasteiger partial charge is 0.455 e. The van der Waals surface area contributed by atoms with E-state index in [9.17, 15) is 0 Å². The molecule has 0 atom stereocenters. The maximum absolute atomic E-state index is 7.26. The van der Waals surface area contributed by atoms with Gasteiger partial charge < -0.3 is 4.12 Å². The van der Waals surface area contributed by atoms with Crippen LogP contribution in [0, 0.1) is 0 Å². The third-order valence-electron chi connectivity index (χ3n) is 5.98. The van der Waals surface area contributed by atoms with E-state index in [4.69, 9.17) is 4.12 Å². The molecule has 0 unspecified atom stereocenters. The van der Waals surface area contributed by atoms with Crippen molar-refractivity contribution in [2.24, 2.45) is 0 Å². The van der Waals surface area contributed by atoms with Crippen LogP contribution in [-0.4, -0.2) is 16.6 Å². The van der Waals surface area contributed by atoms with E-state index in [0.29, 0.717) is 0 Å². The molecule has 0 saturated carbocycles. The number of unbranched alkanes of at least 4 members (excludes halogenated alkanes) is 6. The van der Waals surface area contributed by atoms with Crippen LogP contribution >= 0.6 is 0 Å². The molecule has 0 fully saturated rings. The van der Waals surface area contributed by atoms with Gasteiger partial charge >= 0.3 is 0 Å². The molecule has 0 saturated heterocycles. The highest BCUT2D eigenvalue weighted by Crippen LogP contribution is 2.35. The summed E-state index contributed by atoms with van der Waals surface area (Å²) in [5, 5.41) is 0. The summed E-state index contributed by atoms with van der Waals surface area (Å²) in [5.74, 6) is 0. The lowest BCUT2D eigenvalue weighted by atomic mass is 10.2. The van der Waals surface area contributed by atoms with E-state index < -0.39 is 16.6 Å². The Kier molecular flexibility index (Phi) is 13.9. The lowest BCUT2D eigenvalue weighted by Crippen LogP contribution is -2.50. The minimum absolute atomic E-state index is 1.33. The second-order valence-corrected chi connectivity index (χ2v) is 16.9. The Hall–Kier alpha value is 0.394.